The topological polar surface area (TPSA) is 55.9 Å². The van der Waals surface area contributed by atoms with Gasteiger partial charge < -0.3 is 0 Å². The van der Waals surface area contributed by atoms with Crippen molar-refractivity contribution < 1.29 is 0 Å². The Hall–Kier alpha value is -0.170. The molecule has 1 fully saturated rings. The highest BCUT2D eigenvalue weighted by atomic mass is 32.2. The van der Waals surface area contributed by atoms with Gasteiger partial charge in [0.2, 0.25) is 0 Å². The van der Waals surface area contributed by atoms with Crippen LogP contribution >= 0.6 is 23.5 Å². The van der Waals surface area contributed by atoms with Gasteiger partial charge in [0.15, 0.2) is 0 Å². The summed E-state index contributed by atoms with van der Waals surface area (Å²) in [5.41, 5.74) is 4.09. The predicted molar refractivity (Wildman–Crippen MR) is 66.8 cm³/mol. The van der Waals surface area contributed by atoms with E-state index in [0.29, 0.717) is 5.25 Å². The summed E-state index contributed by atoms with van der Waals surface area (Å²) in [4.78, 5) is 0. The Morgan fingerprint density at radius 2 is 2.53 bits per heavy atom. The summed E-state index contributed by atoms with van der Waals surface area (Å²) in [5, 5.41) is 4.74. The number of nitrogens with one attached hydrogen (secondary N) is 1. The maximum atomic E-state index is 5.64. The van der Waals surface area contributed by atoms with Crippen LogP contribution in [0.3, 0.4) is 0 Å². The lowest BCUT2D eigenvalue weighted by Crippen LogP contribution is -2.37. The Morgan fingerprint density at radius 3 is 3.07 bits per heavy atom. The van der Waals surface area contributed by atoms with Gasteiger partial charge in [-0.2, -0.15) is 28.6 Å². The average Bonchev–Trinajstić information content (AvgIpc) is 2.68. The first-order chi connectivity index (χ1) is 7.31. The molecule has 15 heavy (non-hydrogen) atoms. The minimum Gasteiger partial charge on any atom is -0.275 e. The van der Waals surface area contributed by atoms with E-state index in [-0.39, 0.29) is 6.04 Å². The van der Waals surface area contributed by atoms with Crippen molar-refractivity contribution in [2.75, 3.05) is 17.3 Å². The minimum atomic E-state index is 0.219. The van der Waals surface area contributed by atoms with Gasteiger partial charge in [-0.25, -0.2) is 0 Å². The predicted octanol–water partition coefficient (Wildman–Crippen LogP) is 0.773. The monoisotopic (exact) mass is 244 g/mol. The van der Waals surface area contributed by atoms with E-state index < -0.39 is 0 Å². The fourth-order valence-corrected chi connectivity index (χ4v) is 4.57. The quantitative estimate of drug-likeness (QED) is 0.608. The van der Waals surface area contributed by atoms with E-state index in [0.717, 1.165) is 5.75 Å². The molecule has 0 aliphatic carbocycles. The third kappa shape index (κ3) is 2.69. The molecule has 1 saturated heterocycles. The zero-order chi connectivity index (χ0) is 10.7. The van der Waals surface area contributed by atoms with E-state index in [2.05, 4.69) is 10.5 Å². The van der Waals surface area contributed by atoms with Crippen LogP contribution < -0.4 is 11.3 Å². The first-order valence-electron chi connectivity index (χ1n) is 4.95. The van der Waals surface area contributed by atoms with Crippen LogP contribution in [0.5, 0.6) is 0 Å². The van der Waals surface area contributed by atoms with Gasteiger partial charge in [-0.15, -0.1) is 0 Å². The molecule has 2 heterocycles. The molecule has 2 rings (SSSR count). The third-order valence-electron chi connectivity index (χ3n) is 2.48. The number of rotatable bonds is 3. The Morgan fingerprint density at radius 1 is 1.67 bits per heavy atom. The molecule has 1 aromatic rings. The SMILES string of the molecule is Cn1cc(C(NN)C2CSCCS2)cn1. The molecule has 1 aliphatic heterocycles. The molecule has 0 radical (unpaired) electrons. The molecule has 3 N–H and O–H groups in total. The van der Waals surface area contributed by atoms with Crippen LogP contribution in [0, 0.1) is 0 Å². The lowest BCUT2D eigenvalue weighted by atomic mass is 10.1. The summed E-state index contributed by atoms with van der Waals surface area (Å²) in [6.45, 7) is 0. The standard InChI is InChI=1S/C9H16N4S2/c1-13-5-7(4-11-13)9(12-10)8-6-14-2-3-15-8/h4-5,8-9,12H,2-3,6,10H2,1H3. The number of aryl methyl sites for hydroxylation is 1. The highest BCUT2D eigenvalue weighted by Crippen LogP contribution is 2.32. The van der Waals surface area contributed by atoms with Gasteiger partial charge >= 0.3 is 0 Å². The summed E-state index contributed by atoms with van der Waals surface area (Å²) >= 11 is 4.00. The van der Waals surface area contributed by atoms with Crippen molar-refractivity contribution in [2.24, 2.45) is 12.9 Å². The second-order valence-corrected chi connectivity index (χ2v) is 6.07. The largest absolute Gasteiger partial charge is 0.275 e. The number of thioether (sulfide) groups is 2. The number of nitrogens with two attached hydrogens (primary N) is 1. The van der Waals surface area contributed by atoms with Crippen LogP contribution in [0.15, 0.2) is 12.4 Å². The van der Waals surface area contributed by atoms with Gasteiger partial charge in [0, 0.05) is 41.3 Å². The second kappa shape index (κ2) is 5.25. The van der Waals surface area contributed by atoms with Gasteiger partial charge in [0.25, 0.3) is 0 Å². The Labute approximate surface area is 98.3 Å². The van der Waals surface area contributed by atoms with Crippen molar-refractivity contribution in [1.82, 2.24) is 15.2 Å². The molecule has 2 unspecified atom stereocenters. The summed E-state index contributed by atoms with van der Waals surface area (Å²) in [6, 6.07) is 0.219. The normalized spacial score (nSPS) is 24.0. The lowest BCUT2D eigenvalue weighted by molar-refractivity contribution is 0.552. The molecule has 6 heteroatoms. The molecule has 4 nitrogen and oxygen atoms in total. The van der Waals surface area contributed by atoms with Crippen molar-refractivity contribution in [1.29, 1.82) is 0 Å². The number of hydrogen-bond acceptors (Lipinski definition) is 5. The minimum absolute atomic E-state index is 0.219. The van der Waals surface area contributed by atoms with Crippen LogP contribution in [0.4, 0.5) is 0 Å². The van der Waals surface area contributed by atoms with Gasteiger partial charge in [-0.05, 0) is 0 Å². The van der Waals surface area contributed by atoms with E-state index in [1.165, 1.54) is 17.1 Å². The maximum Gasteiger partial charge on any atom is 0.0617 e. The lowest BCUT2D eigenvalue weighted by Gasteiger charge is -2.28. The third-order valence-corrected chi connectivity index (χ3v) is 5.34. The molecule has 84 valence electrons. The van der Waals surface area contributed by atoms with E-state index in [9.17, 15) is 0 Å². The molecular weight excluding hydrogens is 228 g/mol. The van der Waals surface area contributed by atoms with Gasteiger partial charge in [0.1, 0.15) is 0 Å². The number of nitrogens with zero attached hydrogens (tertiary/aromatic N) is 2. The molecule has 2 atom stereocenters. The highest BCUT2D eigenvalue weighted by molar-refractivity contribution is 8.06. The van der Waals surface area contributed by atoms with Gasteiger partial charge in [-0.3, -0.25) is 16.0 Å². The fraction of sp³-hybridized carbons (Fsp3) is 0.667. The summed E-state index contributed by atoms with van der Waals surface area (Å²) in [6.07, 6.45) is 3.93. The summed E-state index contributed by atoms with van der Waals surface area (Å²) in [5.74, 6) is 9.27. The van der Waals surface area contributed by atoms with Crippen molar-refractivity contribution in [3.05, 3.63) is 18.0 Å². The van der Waals surface area contributed by atoms with Gasteiger partial charge in [-0.1, -0.05) is 0 Å². The van der Waals surface area contributed by atoms with E-state index in [1.54, 1.807) is 0 Å². The molecule has 0 spiro atoms. The molecule has 0 saturated carbocycles. The maximum absolute atomic E-state index is 5.64. The summed E-state index contributed by atoms with van der Waals surface area (Å²) in [7, 11) is 1.93. The molecule has 1 aromatic heterocycles. The van der Waals surface area contributed by atoms with E-state index >= 15 is 0 Å². The van der Waals surface area contributed by atoms with Crippen LogP contribution in [0.2, 0.25) is 0 Å². The highest BCUT2D eigenvalue weighted by Gasteiger charge is 2.25. The molecule has 0 bridgehead atoms. The van der Waals surface area contributed by atoms with Crippen LogP contribution in [0.25, 0.3) is 0 Å². The molecular formula is C9H16N4S2. The first kappa shape index (κ1) is 11.3. The molecule has 0 aromatic carbocycles. The first-order valence-corrected chi connectivity index (χ1v) is 7.15. The number of hydrazine groups is 1. The molecule has 0 amide bonds. The Bertz CT molecular complexity index is 309. The van der Waals surface area contributed by atoms with Crippen molar-refractivity contribution in [2.45, 2.75) is 11.3 Å². The fourth-order valence-electron chi connectivity index (χ4n) is 1.72. The molecule has 1 aliphatic rings. The van der Waals surface area contributed by atoms with Crippen LogP contribution in [-0.2, 0) is 7.05 Å². The van der Waals surface area contributed by atoms with Crippen molar-refractivity contribution in [3.8, 4) is 0 Å². The number of hydrogen-bond donors (Lipinski definition) is 2. The zero-order valence-electron chi connectivity index (χ0n) is 8.72. The van der Waals surface area contributed by atoms with Crippen LogP contribution in [-0.4, -0.2) is 32.3 Å². The van der Waals surface area contributed by atoms with Crippen molar-refractivity contribution >= 4 is 23.5 Å². The number of aromatic nitrogens is 2. The van der Waals surface area contributed by atoms with Crippen LogP contribution in [0.1, 0.15) is 11.6 Å². The van der Waals surface area contributed by atoms with Crippen molar-refractivity contribution in [3.63, 3.8) is 0 Å². The smallest absolute Gasteiger partial charge is 0.0617 e. The second-order valence-electron chi connectivity index (χ2n) is 3.58. The Kier molecular flexibility index (Phi) is 3.96. The summed E-state index contributed by atoms with van der Waals surface area (Å²) < 4.78 is 1.82. The average molecular weight is 244 g/mol. The van der Waals surface area contributed by atoms with Gasteiger partial charge in [0.05, 0.1) is 12.2 Å². The Balaban J connectivity index is 2.08. The van der Waals surface area contributed by atoms with E-state index in [4.69, 9.17) is 5.84 Å². The van der Waals surface area contributed by atoms with E-state index in [1.807, 2.05) is 47.6 Å². The zero-order valence-corrected chi connectivity index (χ0v) is 10.4.